The van der Waals surface area contributed by atoms with Gasteiger partial charge in [-0.2, -0.15) is 65.3 Å². The van der Waals surface area contributed by atoms with Gasteiger partial charge in [-0.15, -0.1) is 0 Å². The number of halogens is 12. The summed E-state index contributed by atoms with van der Waals surface area (Å²) < 4.78 is 159. The Labute approximate surface area is 172 Å². The molecule has 0 nitrogen and oxygen atoms in total. The molecule has 0 rings (SSSR count). The van der Waals surface area contributed by atoms with Gasteiger partial charge in [-0.1, -0.05) is 38.5 Å². The quantitative estimate of drug-likeness (QED) is 0.134. The molecule has 0 atom stereocenters. The van der Waals surface area contributed by atoms with Gasteiger partial charge in [-0.25, -0.2) is 0 Å². The molecular weight excluding hydrogens is 464 g/mol. The van der Waals surface area contributed by atoms with Crippen LogP contribution >= 0.6 is 12.6 Å². The minimum Gasteiger partial charge on any atom is -0.200 e. The number of alkyl halides is 12. The monoisotopic (exact) mass is 488 g/mol. The molecule has 30 heavy (non-hydrogen) atoms. The number of hydrogen-bond donors (Lipinski definition) is 1. The molecule has 0 N–H and O–H groups in total. The largest absolute Gasteiger partial charge is 0.384 e. The van der Waals surface area contributed by atoms with E-state index in [9.17, 15) is 52.7 Å². The van der Waals surface area contributed by atoms with Gasteiger partial charge >= 0.3 is 35.5 Å². The van der Waals surface area contributed by atoms with Gasteiger partial charge < -0.3 is 0 Å². The van der Waals surface area contributed by atoms with Gasteiger partial charge in [0.25, 0.3) is 0 Å². The Kier molecular flexibility index (Phi) is 10.2. The van der Waals surface area contributed by atoms with Crippen LogP contribution < -0.4 is 0 Å². The molecule has 0 aliphatic heterocycles. The molecule has 0 aromatic rings. The third-order valence-corrected chi connectivity index (χ3v) is 4.91. The molecule has 0 amide bonds. The number of thiol groups is 1. The molecule has 0 heterocycles. The summed E-state index contributed by atoms with van der Waals surface area (Å²) in [6, 6.07) is 0. The molecule has 0 aromatic heterocycles. The first-order chi connectivity index (χ1) is 13.3. The van der Waals surface area contributed by atoms with Gasteiger partial charge in [0.1, 0.15) is 0 Å². The lowest BCUT2D eigenvalue weighted by Crippen LogP contribution is -2.70. The fraction of sp³-hybridized carbons (Fsp3) is 1.00. The Morgan fingerprint density at radius 1 is 0.467 bits per heavy atom. The van der Waals surface area contributed by atoms with Crippen molar-refractivity contribution in [3.63, 3.8) is 0 Å². The summed E-state index contributed by atoms with van der Waals surface area (Å²) in [5, 5.41) is 0. The lowest BCUT2D eigenvalue weighted by Gasteiger charge is -2.40. The van der Waals surface area contributed by atoms with Crippen molar-refractivity contribution in [3.05, 3.63) is 0 Å². The van der Waals surface area contributed by atoms with Crippen molar-refractivity contribution in [2.75, 3.05) is 5.75 Å². The second kappa shape index (κ2) is 10.4. The SMILES string of the molecule is CC(F)(F)C(F)(F)C(F)(F)C(F)(F)C(F)(F)C(F)(F)CCCCCCCCCCS. The highest BCUT2D eigenvalue weighted by atomic mass is 32.1. The molecule has 0 saturated carbocycles. The summed E-state index contributed by atoms with van der Waals surface area (Å²) in [4.78, 5) is 0. The highest BCUT2D eigenvalue weighted by Gasteiger charge is 2.89. The van der Waals surface area contributed by atoms with Crippen LogP contribution in [0.4, 0.5) is 52.7 Å². The van der Waals surface area contributed by atoms with E-state index >= 15 is 0 Å². The van der Waals surface area contributed by atoms with Crippen LogP contribution in [0.3, 0.4) is 0 Å². The van der Waals surface area contributed by atoms with Crippen molar-refractivity contribution in [2.45, 2.75) is 100 Å². The maximum atomic E-state index is 13.6. The van der Waals surface area contributed by atoms with E-state index in [1.807, 2.05) is 0 Å². The lowest BCUT2D eigenvalue weighted by molar-refractivity contribution is -0.423. The zero-order valence-corrected chi connectivity index (χ0v) is 16.9. The Balaban J connectivity index is 5.08. The molecule has 0 spiro atoms. The van der Waals surface area contributed by atoms with Gasteiger partial charge in [-0.3, -0.25) is 0 Å². The second-order valence-electron chi connectivity index (χ2n) is 7.19. The van der Waals surface area contributed by atoms with Crippen LogP contribution in [-0.2, 0) is 0 Å². The third kappa shape index (κ3) is 6.05. The van der Waals surface area contributed by atoms with Crippen molar-refractivity contribution in [3.8, 4) is 0 Å². The first kappa shape index (κ1) is 29.5. The van der Waals surface area contributed by atoms with E-state index in [1.165, 1.54) is 0 Å². The fourth-order valence-corrected chi connectivity index (χ4v) is 2.80. The lowest BCUT2D eigenvalue weighted by atomic mass is 9.90. The van der Waals surface area contributed by atoms with Crippen molar-refractivity contribution in [1.82, 2.24) is 0 Å². The van der Waals surface area contributed by atoms with Crippen LogP contribution in [0.25, 0.3) is 0 Å². The normalized spacial score (nSPS) is 15.0. The van der Waals surface area contributed by atoms with E-state index in [1.54, 1.807) is 0 Å². The zero-order chi connectivity index (χ0) is 24.1. The number of unbranched alkanes of at least 4 members (excludes halogenated alkanes) is 7. The minimum atomic E-state index is -7.45. The van der Waals surface area contributed by atoms with Gasteiger partial charge in [0.05, 0.1) is 0 Å². The van der Waals surface area contributed by atoms with E-state index in [-0.39, 0.29) is 12.8 Å². The van der Waals surface area contributed by atoms with Crippen LogP contribution in [-0.4, -0.2) is 41.3 Å². The highest BCUT2D eigenvalue weighted by molar-refractivity contribution is 7.80. The molecule has 13 heteroatoms. The number of rotatable bonds is 15. The predicted molar refractivity (Wildman–Crippen MR) is 90.8 cm³/mol. The van der Waals surface area contributed by atoms with Crippen molar-refractivity contribution in [1.29, 1.82) is 0 Å². The molecule has 0 fully saturated rings. The van der Waals surface area contributed by atoms with E-state index in [2.05, 4.69) is 12.6 Å². The summed E-state index contributed by atoms with van der Waals surface area (Å²) in [5.41, 5.74) is 0. The summed E-state index contributed by atoms with van der Waals surface area (Å²) in [7, 11) is 0. The Morgan fingerprint density at radius 3 is 1.17 bits per heavy atom. The minimum absolute atomic E-state index is 0.122. The summed E-state index contributed by atoms with van der Waals surface area (Å²) in [6.07, 6.45) is 1.15. The smallest absolute Gasteiger partial charge is 0.200 e. The van der Waals surface area contributed by atoms with Crippen molar-refractivity contribution >= 4 is 12.6 Å². The van der Waals surface area contributed by atoms with Crippen molar-refractivity contribution in [2.24, 2.45) is 0 Å². The van der Waals surface area contributed by atoms with Crippen LogP contribution in [0.2, 0.25) is 0 Å². The molecular formula is C17H24F12S. The summed E-state index contributed by atoms with van der Waals surface area (Å²) >= 11 is 4.00. The Morgan fingerprint density at radius 2 is 0.800 bits per heavy atom. The number of hydrogen-bond acceptors (Lipinski definition) is 1. The van der Waals surface area contributed by atoms with Gasteiger partial charge in [0.2, 0.25) is 0 Å². The molecule has 0 unspecified atom stereocenters. The maximum Gasteiger partial charge on any atom is 0.384 e. The Bertz CT molecular complexity index is 513. The van der Waals surface area contributed by atoms with Crippen LogP contribution in [0.5, 0.6) is 0 Å². The maximum absolute atomic E-state index is 13.6. The highest BCUT2D eigenvalue weighted by Crippen LogP contribution is 2.60. The van der Waals surface area contributed by atoms with E-state index in [0.717, 1.165) is 19.3 Å². The molecule has 182 valence electrons. The van der Waals surface area contributed by atoms with Crippen LogP contribution in [0.1, 0.15) is 64.7 Å². The zero-order valence-electron chi connectivity index (χ0n) is 16.1. The molecule has 0 aliphatic carbocycles. The van der Waals surface area contributed by atoms with Gasteiger partial charge in [0.15, 0.2) is 0 Å². The topological polar surface area (TPSA) is 0 Å². The van der Waals surface area contributed by atoms with E-state index in [0.29, 0.717) is 18.6 Å². The van der Waals surface area contributed by atoms with Gasteiger partial charge in [-0.05, 0) is 18.6 Å². The molecule has 0 aromatic carbocycles. The van der Waals surface area contributed by atoms with E-state index < -0.39 is 55.3 Å². The summed E-state index contributed by atoms with van der Waals surface area (Å²) in [5.74, 6) is -39.9. The first-order valence-corrected chi connectivity index (χ1v) is 9.82. The average molecular weight is 488 g/mol. The van der Waals surface area contributed by atoms with Gasteiger partial charge in [0, 0.05) is 13.3 Å². The third-order valence-electron chi connectivity index (χ3n) is 4.59. The Hall–Kier alpha value is -0.490. The standard InChI is InChI=1S/C17H24F12S/c1-12(18,19)14(22,23)16(26,27)17(28,29)15(24,25)13(20,21)10-8-6-4-2-3-5-7-9-11-30/h30H,2-11H2,1H3. The molecule has 0 radical (unpaired) electrons. The molecule has 0 aliphatic rings. The van der Waals surface area contributed by atoms with Crippen LogP contribution in [0.15, 0.2) is 0 Å². The van der Waals surface area contributed by atoms with Crippen molar-refractivity contribution < 1.29 is 52.7 Å². The first-order valence-electron chi connectivity index (χ1n) is 9.19. The predicted octanol–water partition coefficient (Wildman–Crippen LogP) is 8.26. The van der Waals surface area contributed by atoms with E-state index in [4.69, 9.17) is 0 Å². The average Bonchev–Trinajstić information content (AvgIpc) is 2.58. The second-order valence-corrected chi connectivity index (χ2v) is 7.64. The van der Waals surface area contributed by atoms with Crippen LogP contribution in [0, 0.1) is 0 Å². The molecule has 0 bridgehead atoms. The molecule has 0 saturated heterocycles. The summed E-state index contributed by atoms with van der Waals surface area (Å²) in [6.45, 7) is -0.911. The fourth-order valence-electron chi connectivity index (χ4n) is 2.58.